The minimum atomic E-state index is -0.301. The lowest BCUT2D eigenvalue weighted by molar-refractivity contribution is 0.0580. The fourth-order valence-electron chi connectivity index (χ4n) is 3.53. The van der Waals surface area contributed by atoms with E-state index < -0.39 is 0 Å². The van der Waals surface area contributed by atoms with Crippen LogP contribution in [0.2, 0.25) is 0 Å². The Morgan fingerprint density at radius 2 is 1.97 bits per heavy atom. The average Bonchev–Trinajstić information content (AvgIpc) is 3.25. The van der Waals surface area contributed by atoms with Crippen molar-refractivity contribution in [2.24, 2.45) is 0 Å². The van der Waals surface area contributed by atoms with E-state index in [1.54, 1.807) is 28.9 Å². The molecule has 0 saturated carbocycles. The highest BCUT2D eigenvalue weighted by Gasteiger charge is 2.23. The third-order valence-corrected chi connectivity index (χ3v) is 5.13. The quantitative estimate of drug-likeness (QED) is 0.530. The second-order valence-corrected chi connectivity index (χ2v) is 6.96. The van der Waals surface area contributed by atoms with Gasteiger partial charge in [-0.05, 0) is 25.1 Å². The second kappa shape index (κ2) is 9.61. The van der Waals surface area contributed by atoms with Gasteiger partial charge in [0.1, 0.15) is 12.4 Å². The van der Waals surface area contributed by atoms with Gasteiger partial charge in [0, 0.05) is 50.7 Å². The molecular weight excluding hydrogens is 400 g/mol. The number of amides is 1. The number of carbonyl (C=O) groups excluding carboxylic acids is 1. The van der Waals surface area contributed by atoms with Crippen molar-refractivity contribution >= 4 is 17.6 Å². The highest BCUT2D eigenvalue weighted by atomic mass is 16.6. The molecule has 0 spiro atoms. The molecule has 1 amide bonds. The van der Waals surface area contributed by atoms with Gasteiger partial charge in [0.15, 0.2) is 5.65 Å². The predicted molar refractivity (Wildman–Crippen MR) is 114 cm³/mol. The Bertz CT molecular complexity index is 1030. The van der Waals surface area contributed by atoms with Gasteiger partial charge in [-0.2, -0.15) is 5.10 Å². The van der Waals surface area contributed by atoms with Crippen molar-refractivity contribution in [3.8, 4) is 17.0 Å². The molecule has 0 unspecified atom stereocenters. The average molecular weight is 426 g/mol. The van der Waals surface area contributed by atoms with Crippen molar-refractivity contribution in [1.29, 1.82) is 0 Å². The van der Waals surface area contributed by atoms with Gasteiger partial charge in [-0.1, -0.05) is 0 Å². The molecule has 0 aromatic carbocycles. The Hall–Kier alpha value is -3.40. The van der Waals surface area contributed by atoms with Gasteiger partial charge in [-0.3, -0.25) is 0 Å². The van der Waals surface area contributed by atoms with E-state index in [1.807, 2.05) is 31.3 Å². The number of hydrogen-bond acceptors (Lipinski definition) is 8. The first-order chi connectivity index (χ1) is 15.2. The molecule has 0 aliphatic carbocycles. The zero-order valence-corrected chi connectivity index (χ0v) is 17.7. The standard InChI is InChI=1S/C21H26N6O4/c1-3-30-13-14-31-21(28)26-11-9-25(10-12-26)18-6-8-27-19(24-18)17(15-23-27)16-5-4-7-22-20(16)29-2/h4-8,15H,3,9-14H2,1-2H3. The van der Waals surface area contributed by atoms with E-state index in [-0.39, 0.29) is 12.7 Å². The van der Waals surface area contributed by atoms with E-state index in [1.165, 1.54) is 0 Å². The summed E-state index contributed by atoms with van der Waals surface area (Å²) in [4.78, 5) is 25.2. The van der Waals surface area contributed by atoms with Crippen LogP contribution in [0.5, 0.6) is 5.88 Å². The van der Waals surface area contributed by atoms with Crippen LogP contribution in [-0.2, 0) is 9.47 Å². The highest BCUT2D eigenvalue weighted by Crippen LogP contribution is 2.31. The molecule has 10 heteroatoms. The predicted octanol–water partition coefficient (Wildman–Crippen LogP) is 2.09. The van der Waals surface area contributed by atoms with Crippen molar-refractivity contribution in [2.45, 2.75) is 6.92 Å². The van der Waals surface area contributed by atoms with Crippen LogP contribution in [0, 0.1) is 0 Å². The number of ether oxygens (including phenoxy) is 3. The number of aromatic nitrogens is 4. The fraction of sp³-hybridized carbons (Fsp3) is 0.429. The lowest BCUT2D eigenvalue weighted by atomic mass is 10.1. The molecule has 1 aliphatic rings. The largest absolute Gasteiger partial charge is 0.481 e. The van der Waals surface area contributed by atoms with Crippen LogP contribution in [0.3, 0.4) is 0 Å². The lowest BCUT2D eigenvalue weighted by Crippen LogP contribution is -2.49. The SMILES string of the molecule is CCOCCOC(=O)N1CCN(c2ccn3ncc(-c4cccnc4OC)c3n2)CC1. The molecule has 3 aromatic rings. The van der Waals surface area contributed by atoms with Gasteiger partial charge in [-0.25, -0.2) is 19.3 Å². The highest BCUT2D eigenvalue weighted by molar-refractivity contribution is 5.80. The molecule has 4 heterocycles. The number of nitrogens with zero attached hydrogens (tertiary/aromatic N) is 6. The molecule has 0 radical (unpaired) electrons. The molecule has 31 heavy (non-hydrogen) atoms. The molecule has 1 aliphatic heterocycles. The molecular formula is C21H26N6O4. The monoisotopic (exact) mass is 426 g/mol. The summed E-state index contributed by atoms with van der Waals surface area (Å²) in [5, 5.41) is 4.41. The van der Waals surface area contributed by atoms with Crippen LogP contribution in [0.25, 0.3) is 16.8 Å². The van der Waals surface area contributed by atoms with Crippen LogP contribution < -0.4 is 9.64 Å². The summed E-state index contributed by atoms with van der Waals surface area (Å²) in [6, 6.07) is 5.73. The number of anilines is 1. The summed E-state index contributed by atoms with van der Waals surface area (Å²) >= 11 is 0. The Morgan fingerprint density at radius 3 is 2.74 bits per heavy atom. The second-order valence-electron chi connectivity index (χ2n) is 6.96. The maximum Gasteiger partial charge on any atom is 0.409 e. The topological polar surface area (TPSA) is 94.3 Å². The van der Waals surface area contributed by atoms with E-state index in [2.05, 4.69) is 15.0 Å². The molecule has 1 fully saturated rings. The first-order valence-corrected chi connectivity index (χ1v) is 10.3. The summed E-state index contributed by atoms with van der Waals surface area (Å²) in [6.45, 7) is 5.69. The molecule has 10 nitrogen and oxygen atoms in total. The third kappa shape index (κ3) is 4.53. The Labute approximate surface area is 180 Å². The summed E-state index contributed by atoms with van der Waals surface area (Å²) in [5.41, 5.74) is 2.41. The normalized spacial score (nSPS) is 14.1. The summed E-state index contributed by atoms with van der Waals surface area (Å²) < 4.78 is 17.6. The Balaban J connectivity index is 1.46. The van der Waals surface area contributed by atoms with Gasteiger partial charge in [0.05, 0.1) is 25.5 Å². The molecule has 3 aromatic heterocycles. The van der Waals surface area contributed by atoms with Crippen LogP contribution in [0.4, 0.5) is 10.6 Å². The first kappa shape index (κ1) is 20.9. The van der Waals surface area contributed by atoms with E-state index in [0.29, 0.717) is 45.3 Å². The van der Waals surface area contributed by atoms with Crippen LogP contribution in [0.15, 0.2) is 36.8 Å². The molecule has 4 rings (SSSR count). The summed E-state index contributed by atoms with van der Waals surface area (Å²) in [5.74, 6) is 1.36. The molecule has 0 bridgehead atoms. The van der Waals surface area contributed by atoms with Crippen molar-refractivity contribution in [2.75, 3.05) is 58.0 Å². The smallest absolute Gasteiger partial charge is 0.409 e. The van der Waals surface area contributed by atoms with E-state index in [0.717, 1.165) is 22.6 Å². The Morgan fingerprint density at radius 1 is 1.13 bits per heavy atom. The first-order valence-electron chi connectivity index (χ1n) is 10.3. The van der Waals surface area contributed by atoms with E-state index >= 15 is 0 Å². The van der Waals surface area contributed by atoms with E-state index in [4.69, 9.17) is 19.2 Å². The van der Waals surface area contributed by atoms with Crippen LogP contribution in [0.1, 0.15) is 6.92 Å². The van der Waals surface area contributed by atoms with E-state index in [9.17, 15) is 4.79 Å². The van der Waals surface area contributed by atoms with Crippen molar-refractivity contribution < 1.29 is 19.0 Å². The molecule has 0 N–H and O–H groups in total. The number of fused-ring (bicyclic) bond motifs is 1. The number of piperazine rings is 1. The van der Waals surface area contributed by atoms with Crippen LogP contribution in [-0.4, -0.2) is 83.7 Å². The number of hydrogen-bond donors (Lipinski definition) is 0. The number of pyridine rings is 1. The number of carbonyl (C=O) groups is 1. The minimum absolute atomic E-state index is 0.271. The molecule has 164 valence electrons. The number of rotatable bonds is 7. The van der Waals surface area contributed by atoms with Gasteiger partial charge in [-0.15, -0.1) is 0 Å². The fourth-order valence-corrected chi connectivity index (χ4v) is 3.53. The maximum absolute atomic E-state index is 12.2. The van der Waals surface area contributed by atoms with Crippen molar-refractivity contribution in [3.63, 3.8) is 0 Å². The van der Waals surface area contributed by atoms with Gasteiger partial charge >= 0.3 is 6.09 Å². The lowest BCUT2D eigenvalue weighted by Gasteiger charge is -2.34. The third-order valence-electron chi connectivity index (χ3n) is 5.13. The maximum atomic E-state index is 12.2. The summed E-state index contributed by atoms with van der Waals surface area (Å²) in [7, 11) is 1.59. The summed E-state index contributed by atoms with van der Waals surface area (Å²) in [6.07, 6.45) is 5.04. The Kier molecular flexibility index (Phi) is 6.46. The van der Waals surface area contributed by atoms with Gasteiger partial charge < -0.3 is 24.0 Å². The van der Waals surface area contributed by atoms with Crippen LogP contribution >= 0.6 is 0 Å². The van der Waals surface area contributed by atoms with Crippen molar-refractivity contribution in [1.82, 2.24) is 24.5 Å². The molecule has 1 saturated heterocycles. The number of methoxy groups -OCH3 is 1. The molecule has 0 atom stereocenters. The zero-order valence-electron chi connectivity index (χ0n) is 17.7. The zero-order chi connectivity index (χ0) is 21.6. The van der Waals surface area contributed by atoms with Crippen molar-refractivity contribution in [3.05, 3.63) is 36.8 Å². The minimum Gasteiger partial charge on any atom is -0.481 e. The van der Waals surface area contributed by atoms with Gasteiger partial charge in [0.2, 0.25) is 5.88 Å². The van der Waals surface area contributed by atoms with Gasteiger partial charge in [0.25, 0.3) is 0 Å².